The Bertz CT molecular complexity index is 2030. The van der Waals surface area contributed by atoms with Crippen LogP contribution < -0.4 is 25.4 Å². The van der Waals surface area contributed by atoms with Crippen LogP contribution in [0.2, 0.25) is 0 Å². The van der Waals surface area contributed by atoms with Gasteiger partial charge in [-0.3, -0.25) is 14.2 Å². The summed E-state index contributed by atoms with van der Waals surface area (Å²) in [5.41, 5.74) is 0.986. The first-order valence-corrected chi connectivity index (χ1v) is 22.0. The van der Waals surface area contributed by atoms with E-state index in [4.69, 9.17) is 28.7 Å². The Morgan fingerprint density at radius 3 is 2.51 bits per heavy atom. The summed E-state index contributed by atoms with van der Waals surface area (Å²) in [6, 6.07) is 5.19. The second-order valence-corrected chi connectivity index (χ2v) is 19.3. The zero-order chi connectivity index (χ0) is 41.3. The maximum Gasteiger partial charge on any atom is 0.408 e. The van der Waals surface area contributed by atoms with Crippen molar-refractivity contribution in [2.24, 2.45) is 11.3 Å². The van der Waals surface area contributed by atoms with Crippen LogP contribution in [0.4, 0.5) is 9.93 Å². The highest BCUT2D eigenvalue weighted by molar-refractivity contribution is 7.55. The van der Waals surface area contributed by atoms with Gasteiger partial charge >= 0.3 is 13.7 Å². The number of carbonyl (C=O) groups excluding carboxylic acids is 3. The number of pyridine rings is 1. The zero-order valence-corrected chi connectivity index (χ0v) is 35.4. The first-order chi connectivity index (χ1) is 27.0. The SMILES string of the molecule is C=CC1C[C@]1(NC(=O)[C@@H]1C[C@@H](Oc2cc(-c3csc(NC(C)C)n3)nc3cc(OC)ccc23)CN1C(=O)[C@@H](NC(=O)OC1CCCC1)C(C)(C)C)P(=O)(O)OCC. The summed E-state index contributed by atoms with van der Waals surface area (Å²) in [5.74, 6) is -0.630. The predicted octanol–water partition coefficient (Wildman–Crippen LogP) is 6.86. The fraction of sp³-hybridized carbons (Fsp3) is 0.575. The highest BCUT2D eigenvalue weighted by atomic mass is 32.1. The summed E-state index contributed by atoms with van der Waals surface area (Å²) in [4.78, 5) is 64.4. The van der Waals surface area contributed by atoms with Crippen LogP contribution in [0.25, 0.3) is 22.3 Å². The molecule has 3 amide bonds. The van der Waals surface area contributed by atoms with Crippen LogP contribution in [-0.4, -0.2) is 93.5 Å². The van der Waals surface area contributed by atoms with E-state index in [1.807, 2.05) is 46.1 Å². The molecule has 4 N–H and O–H groups in total. The molecular weight excluding hydrogens is 772 g/mol. The number of hydrogen-bond acceptors (Lipinski definition) is 12. The average molecular weight is 827 g/mol. The van der Waals surface area contributed by atoms with Gasteiger partial charge in [-0.1, -0.05) is 26.8 Å². The number of likely N-dealkylation sites (tertiary alicyclic amines) is 1. The predicted molar refractivity (Wildman–Crippen MR) is 218 cm³/mol. The molecule has 6 atom stereocenters. The van der Waals surface area contributed by atoms with E-state index in [1.54, 1.807) is 32.2 Å². The van der Waals surface area contributed by atoms with Crippen molar-refractivity contribution in [2.45, 2.75) is 116 Å². The number of carbonyl (C=O) groups is 3. The molecule has 2 aromatic heterocycles. The topological polar surface area (TPSA) is 191 Å². The van der Waals surface area contributed by atoms with Crippen LogP contribution >= 0.6 is 18.9 Å². The van der Waals surface area contributed by atoms with Crippen LogP contribution in [0.15, 0.2) is 42.3 Å². The summed E-state index contributed by atoms with van der Waals surface area (Å²) in [5, 5.41) is 10.7. The third-order valence-corrected chi connectivity index (χ3v) is 13.7. The van der Waals surface area contributed by atoms with E-state index in [0.717, 1.165) is 30.8 Å². The van der Waals surface area contributed by atoms with Crippen LogP contribution in [0, 0.1) is 11.3 Å². The van der Waals surface area contributed by atoms with Crippen molar-refractivity contribution >= 4 is 52.9 Å². The number of alkyl carbamates (subject to hydrolysis) is 1. The third kappa shape index (κ3) is 9.24. The number of nitrogens with one attached hydrogen (secondary N) is 3. The maximum absolute atomic E-state index is 14.7. The Balaban J connectivity index is 1.34. The molecule has 2 saturated carbocycles. The van der Waals surface area contributed by atoms with Gasteiger partial charge in [-0.05, 0) is 70.4 Å². The van der Waals surface area contributed by atoms with Crippen molar-refractivity contribution < 1.29 is 42.6 Å². The van der Waals surface area contributed by atoms with Crippen LogP contribution in [0.3, 0.4) is 0 Å². The van der Waals surface area contributed by atoms with E-state index < -0.39 is 60.3 Å². The highest BCUT2D eigenvalue weighted by Crippen LogP contribution is 2.70. The van der Waals surface area contributed by atoms with Crippen molar-refractivity contribution in [3.63, 3.8) is 0 Å². The fourth-order valence-corrected chi connectivity index (χ4v) is 10.2. The van der Waals surface area contributed by atoms with Crippen LogP contribution in [0.5, 0.6) is 11.5 Å². The molecule has 57 heavy (non-hydrogen) atoms. The van der Waals surface area contributed by atoms with Crippen molar-refractivity contribution in [3.8, 4) is 22.9 Å². The smallest absolute Gasteiger partial charge is 0.408 e. The Labute approximate surface area is 337 Å². The number of methoxy groups -OCH3 is 1. The van der Waals surface area contributed by atoms with E-state index in [9.17, 15) is 23.8 Å². The van der Waals surface area contributed by atoms with Crippen molar-refractivity contribution in [3.05, 3.63) is 42.3 Å². The zero-order valence-electron chi connectivity index (χ0n) is 33.7. The van der Waals surface area contributed by atoms with E-state index in [2.05, 4.69) is 22.5 Å². The normalized spacial score (nSPS) is 23.8. The number of anilines is 1. The molecule has 0 bridgehead atoms. The van der Waals surface area contributed by atoms with Gasteiger partial charge < -0.3 is 44.5 Å². The number of ether oxygens (including phenoxy) is 3. The lowest BCUT2D eigenvalue weighted by atomic mass is 9.85. The maximum atomic E-state index is 14.7. The van der Waals surface area contributed by atoms with Gasteiger partial charge in [0, 0.05) is 41.3 Å². The van der Waals surface area contributed by atoms with Crippen LogP contribution in [0.1, 0.15) is 80.1 Å². The monoisotopic (exact) mass is 826 g/mol. The number of hydrogen-bond donors (Lipinski definition) is 4. The molecule has 3 aliphatic rings. The number of thiazole rings is 1. The summed E-state index contributed by atoms with van der Waals surface area (Å²) in [6.45, 7) is 14.8. The van der Waals surface area contributed by atoms with Gasteiger partial charge in [0.25, 0.3) is 0 Å². The summed E-state index contributed by atoms with van der Waals surface area (Å²) in [6.07, 6.45) is 3.51. The number of aromatic nitrogens is 2. The molecule has 2 unspecified atom stereocenters. The quantitative estimate of drug-likeness (QED) is 0.0922. The molecule has 17 heteroatoms. The first kappa shape index (κ1) is 42.4. The lowest BCUT2D eigenvalue weighted by Crippen LogP contribution is -2.58. The first-order valence-electron chi connectivity index (χ1n) is 19.6. The second kappa shape index (κ2) is 16.9. The molecule has 15 nitrogen and oxygen atoms in total. The molecule has 1 aromatic carbocycles. The number of nitrogens with zero attached hydrogens (tertiary/aromatic N) is 3. The number of amides is 3. The minimum absolute atomic E-state index is 0.0303. The Kier molecular flexibility index (Phi) is 12.6. The van der Waals surface area contributed by atoms with E-state index in [1.165, 1.54) is 22.3 Å². The van der Waals surface area contributed by atoms with Gasteiger partial charge in [-0.2, -0.15) is 0 Å². The lowest BCUT2D eigenvalue weighted by Gasteiger charge is -2.35. The largest absolute Gasteiger partial charge is 0.497 e. The summed E-state index contributed by atoms with van der Waals surface area (Å²) < 4.78 is 36.7. The molecule has 3 heterocycles. The Hall–Kier alpha value is -4.24. The number of rotatable bonds is 15. The Morgan fingerprint density at radius 1 is 1.14 bits per heavy atom. The fourth-order valence-electron chi connectivity index (χ4n) is 7.60. The van der Waals surface area contributed by atoms with Gasteiger partial charge in [-0.25, -0.2) is 14.8 Å². The van der Waals surface area contributed by atoms with Gasteiger partial charge in [0.05, 0.1) is 31.5 Å². The molecule has 1 aliphatic heterocycles. The lowest BCUT2D eigenvalue weighted by molar-refractivity contribution is -0.142. The molecule has 2 aliphatic carbocycles. The molecule has 6 rings (SSSR count). The van der Waals surface area contributed by atoms with Gasteiger partial charge in [0.2, 0.25) is 11.8 Å². The molecule has 3 aromatic rings. The van der Waals surface area contributed by atoms with E-state index >= 15 is 0 Å². The minimum atomic E-state index is -4.36. The van der Waals surface area contributed by atoms with Crippen LogP contribution in [-0.2, 0) is 23.4 Å². The van der Waals surface area contributed by atoms with Crippen molar-refractivity contribution in [2.75, 3.05) is 25.6 Å². The van der Waals surface area contributed by atoms with Crippen molar-refractivity contribution in [1.82, 2.24) is 25.5 Å². The molecule has 0 radical (unpaired) electrons. The van der Waals surface area contributed by atoms with Gasteiger partial charge in [0.1, 0.15) is 46.8 Å². The highest BCUT2D eigenvalue weighted by Gasteiger charge is 2.67. The van der Waals surface area contributed by atoms with E-state index in [0.29, 0.717) is 33.8 Å². The van der Waals surface area contributed by atoms with Gasteiger partial charge in [-0.15, -0.1) is 17.9 Å². The molecule has 3 fully saturated rings. The molecule has 0 spiro atoms. The minimum Gasteiger partial charge on any atom is -0.497 e. The summed E-state index contributed by atoms with van der Waals surface area (Å²) in [7, 11) is -2.78. The summed E-state index contributed by atoms with van der Waals surface area (Å²) >= 11 is 1.46. The average Bonchev–Trinajstić information content (AvgIpc) is 3.55. The standard InChI is InChI=1S/C40H55N6O9PS/c1-9-24-20-40(24,56(50,51)53-10-2)45-35(47)32-18-27(21-46(32)36(48)34(39(5,6)7)44-38(49)55-25-13-11-12-14-25)54-33-19-30(31-22-57-37(43-31)41-23(3)4)42-29-17-26(52-8)15-16-28(29)33/h9,15-17,19,22-25,27,32,34H,1,10-14,18,20-21H2,2-8H3,(H,41,43)(H,44,49)(H,45,47)(H,50,51)/t24?,27-,32+,34-,40+/m1/s1. The second-order valence-electron chi connectivity index (χ2n) is 16.4. The van der Waals surface area contributed by atoms with Gasteiger partial charge in [0.15, 0.2) is 5.13 Å². The molecule has 310 valence electrons. The third-order valence-electron chi connectivity index (χ3n) is 10.7. The molecule has 1 saturated heterocycles. The van der Waals surface area contributed by atoms with Crippen molar-refractivity contribution in [1.29, 1.82) is 0 Å². The number of benzene rings is 1. The molecular formula is C40H55N6O9PS. The number of fused-ring (bicyclic) bond motifs is 1. The Morgan fingerprint density at radius 2 is 1.88 bits per heavy atom. The van der Waals surface area contributed by atoms with E-state index in [-0.39, 0.29) is 38.1 Å².